The van der Waals surface area contributed by atoms with E-state index in [0.717, 1.165) is 0 Å². The molecule has 0 spiro atoms. The van der Waals surface area contributed by atoms with Crippen molar-refractivity contribution >= 4 is 29.7 Å². The van der Waals surface area contributed by atoms with Crippen LogP contribution in [-0.2, 0) is 30.4 Å². The number of nitrogens with zero attached hydrogens (tertiary/aromatic N) is 1. The van der Waals surface area contributed by atoms with Gasteiger partial charge in [-0.15, -0.1) is 0 Å². The summed E-state index contributed by atoms with van der Waals surface area (Å²) in [5, 5.41) is 25.8. The smallest absolute Gasteiger partial charge is 0.326 e. The van der Waals surface area contributed by atoms with Crippen LogP contribution in [0.3, 0.4) is 0 Å². The van der Waals surface area contributed by atoms with Gasteiger partial charge in [0.25, 0.3) is 0 Å². The molecule has 0 aliphatic heterocycles. The van der Waals surface area contributed by atoms with Crippen molar-refractivity contribution in [3.8, 4) is 0 Å². The highest BCUT2D eigenvalue weighted by Gasteiger charge is 2.33. The number of carbonyl (C=O) groups excluding carboxylic acids is 3. The number of hydrogen-bond donors (Lipinski definition) is 7. The zero-order valence-corrected chi connectivity index (χ0v) is 19.7. The molecule has 1 rings (SSSR count). The van der Waals surface area contributed by atoms with Crippen molar-refractivity contribution in [1.82, 2.24) is 25.9 Å². The van der Waals surface area contributed by atoms with Crippen LogP contribution in [0.2, 0.25) is 0 Å². The number of H-pyrrole nitrogens is 1. The minimum atomic E-state index is -1.48. The van der Waals surface area contributed by atoms with Gasteiger partial charge in [-0.25, -0.2) is 9.78 Å². The SMILES string of the molecule is CCC(C)C(N)C(=O)NC(CC(=O)O)C(=O)NC(C(=O)NC(Cc1cnc[nH]1)C(=O)O)C(C)C. The lowest BCUT2D eigenvalue weighted by Gasteiger charge is -2.27. The number of aliphatic carboxylic acids is 2. The van der Waals surface area contributed by atoms with E-state index in [1.54, 1.807) is 20.8 Å². The number of rotatable bonds is 14. The summed E-state index contributed by atoms with van der Waals surface area (Å²) in [5.41, 5.74) is 6.35. The van der Waals surface area contributed by atoms with Gasteiger partial charge in [-0.3, -0.25) is 19.2 Å². The Morgan fingerprint density at radius 3 is 2.09 bits per heavy atom. The summed E-state index contributed by atoms with van der Waals surface area (Å²) in [6.45, 7) is 6.83. The van der Waals surface area contributed by atoms with E-state index in [2.05, 4.69) is 25.9 Å². The van der Waals surface area contributed by atoms with E-state index in [1.165, 1.54) is 12.5 Å². The minimum Gasteiger partial charge on any atom is -0.481 e. The van der Waals surface area contributed by atoms with Crippen LogP contribution < -0.4 is 21.7 Å². The average Bonchev–Trinajstić information content (AvgIpc) is 3.27. The molecule has 0 aliphatic rings. The van der Waals surface area contributed by atoms with Crippen molar-refractivity contribution in [1.29, 1.82) is 0 Å². The highest BCUT2D eigenvalue weighted by atomic mass is 16.4. The Morgan fingerprint density at radius 2 is 1.62 bits per heavy atom. The van der Waals surface area contributed by atoms with Crippen molar-refractivity contribution in [2.75, 3.05) is 0 Å². The summed E-state index contributed by atoms with van der Waals surface area (Å²) in [6, 6.07) is -4.91. The fourth-order valence-corrected chi connectivity index (χ4v) is 3.03. The molecule has 190 valence electrons. The Hall–Kier alpha value is -3.48. The Morgan fingerprint density at radius 1 is 1.00 bits per heavy atom. The zero-order chi connectivity index (χ0) is 26.0. The highest BCUT2D eigenvalue weighted by molar-refractivity contribution is 5.95. The first-order chi connectivity index (χ1) is 15.9. The van der Waals surface area contributed by atoms with Gasteiger partial charge >= 0.3 is 11.9 Å². The van der Waals surface area contributed by atoms with E-state index in [9.17, 15) is 34.2 Å². The van der Waals surface area contributed by atoms with Gasteiger partial charge in [0.05, 0.1) is 18.8 Å². The minimum absolute atomic E-state index is 0.0645. The standard InChI is InChI=1S/C21H34N6O7/c1-5-11(4)16(22)19(31)25-13(7-15(28)29)18(30)27-17(10(2)3)20(32)26-14(21(33)34)6-12-8-23-9-24-12/h8-11,13-14,16-17H,5-7,22H2,1-4H3,(H,23,24)(H,25,31)(H,26,32)(H,27,30)(H,28,29)(H,33,34). The first-order valence-electron chi connectivity index (χ1n) is 11.0. The van der Waals surface area contributed by atoms with Gasteiger partial charge in [0.15, 0.2) is 0 Å². The van der Waals surface area contributed by atoms with Gasteiger partial charge in [-0.2, -0.15) is 0 Å². The highest BCUT2D eigenvalue weighted by Crippen LogP contribution is 2.08. The van der Waals surface area contributed by atoms with E-state index >= 15 is 0 Å². The van der Waals surface area contributed by atoms with Crippen molar-refractivity contribution in [2.24, 2.45) is 17.6 Å². The number of carbonyl (C=O) groups is 5. The maximum absolute atomic E-state index is 12.8. The second kappa shape index (κ2) is 13.3. The van der Waals surface area contributed by atoms with Crippen LogP contribution in [0.1, 0.15) is 46.2 Å². The summed E-state index contributed by atoms with van der Waals surface area (Å²) in [4.78, 5) is 67.5. The van der Waals surface area contributed by atoms with Crippen LogP contribution in [0, 0.1) is 11.8 Å². The van der Waals surface area contributed by atoms with Crippen LogP contribution in [-0.4, -0.2) is 74.0 Å². The van der Waals surface area contributed by atoms with Crippen LogP contribution in [0.5, 0.6) is 0 Å². The number of imidazole rings is 1. The van der Waals surface area contributed by atoms with Gasteiger partial charge in [-0.1, -0.05) is 34.1 Å². The number of amides is 3. The Labute approximate surface area is 197 Å². The predicted molar refractivity (Wildman–Crippen MR) is 120 cm³/mol. The molecule has 13 heteroatoms. The van der Waals surface area contributed by atoms with E-state index in [1.807, 2.05) is 6.92 Å². The molecule has 0 fully saturated rings. The summed E-state index contributed by atoms with van der Waals surface area (Å²) in [6.07, 6.45) is 2.60. The topological polar surface area (TPSA) is 217 Å². The lowest BCUT2D eigenvalue weighted by Crippen LogP contribution is -2.59. The third-order valence-corrected chi connectivity index (χ3v) is 5.41. The molecular formula is C21H34N6O7. The zero-order valence-electron chi connectivity index (χ0n) is 19.7. The first-order valence-corrected chi connectivity index (χ1v) is 11.0. The Kier molecular flexibility index (Phi) is 11.2. The third-order valence-electron chi connectivity index (χ3n) is 5.41. The Balaban J connectivity index is 2.96. The third kappa shape index (κ3) is 8.81. The first kappa shape index (κ1) is 28.6. The van der Waals surface area contributed by atoms with Gasteiger partial charge in [0, 0.05) is 18.3 Å². The van der Waals surface area contributed by atoms with Gasteiger partial charge in [0.2, 0.25) is 17.7 Å². The second-order valence-electron chi connectivity index (χ2n) is 8.48. The van der Waals surface area contributed by atoms with E-state index < -0.39 is 66.2 Å². The van der Waals surface area contributed by atoms with Crippen LogP contribution in [0.15, 0.2) is 12.5 Å². The van der Waals surface area contributed by atoms with Crippen molar-refractivity contribution in [3.63, 3.8) is 0 Å². The molecule has 8 N–H and O–H groups in total. The number of nitrogens with one attached hydrogen (secondary N) is 4. The summed E-state index contributed by atoms with van der Waals surface area (Å²) in [7, 11) is 0. The molecule has 34 heavy (non-hydrogen) atoms. The lowest BCUT2D eigenvalue weighted by atomic mass is 9.98. The van der Waals surface area contributed by atoms with Gasteiger partial charge in [-0.05, 0) is 11.8 Å². The molecule has 1 aromatic rings. The molecule has 0 saturated heterocycles. The monoisotopic (exact) mass is 482 g/mol. The molecule has 1 heterocycles. The molecule has 1 aromatic heterocycles. The number of hydrogen-bond acceptors (Lipinski definition) is 7. The fourth-order valence-electron chi connectivity index (χ4n) is 3.03. The summed E-state index contributed by atoms with van der Waals surface area (Å²) < 4.78 is 0. The van der Waals surface area contributed by atoms with E-state index in [0.29, 0.717) is 12.1 Å². The fraction of sp³-hybridized carbons (Fsp3) is 0.619. The normalized spacial score (nSPS) is 15.5. The molecule has 5 unspecified atom stereocenters. The Bertz CT molecular complexity index is 858. The maximum atomic E-state index is 12.8. The lowest BCUT2D eigenvalue weighted by molar-refractivity contribution is -0.143. The molecule has 0 radical (unpaired) electrons. The van der Waals surface area contributed by atoms with Gasteiger partial charge in [0.1, 0.15) is 18.1 Å². The number of carboxylic acid groups (broad SMARTS) is 2. The van der Waals surface area contributed by atoms with Gasteiger partial charge < -0.3 is 36.9 Å². The van der Waals surface area contributed by atoms with Crippen LogP contribution in [0.25, 0.3) is 0 Å². The number of nitrogens with two attached hydrogens (primary N) is 1. The summed E-state index contributed by atoms with van der Waals surface area (Å²) >= 11 is 0. The second-order valence-corrected chi connectivity index (χ2v) is 8.48. The van der Waals surface area contributed by atoms with Crippen molar-refractivity contribution in [3.05, 3.63) is 18.2 Å². The van der Waals surface area contributed by atoms with Crippen molar-refractivity contribution in [2.45, 2.75) is 71.1 Å². The average molecular weight is 483 g/mol. The molecule has 0 aromatic carbocycles. The molecule has 0 saturated carbocycles. The largest absolute Gasteiger partial charge is 0.481 e. The maximum Gasteiger partial charge on any atom is 0.326 e. The van der Waals surface area contributed by atoms with Crippen LogP contribution in [0.4, 0.5) is 0 Å². The number of aromatic amines is 1. The predicted octanol–water partition coefficient (Wildman–Crippen LogP) is -1.00. The van der Waals surface area contributed by atoms with Crippen molar-refractivity contribution < 1.29 is 34.2 Å². The summed E-state index contributed by atoms with van der Waals surface area (Å²) in [5.74, 6) is -5.67. The molecule has 5 atom stereocenters. The van der Waals surface area contributed by atoms with E-state index in [4.69, 9.17) is 5.73 Å². The van der Waals surface area contributed by atoms with Crippen LogP contribution >= 0.6 is 0 Å². The molecular weight excluding hydrogens is 448 g/mol. The number of aromatic nitrogens is 2. The number of carboxylic acids is 2. The molecule has 0 aliphatic carbocycles. The molecule has 3 amide bonds. The van der Waals surface area contributed by atoms with E-state index in [-0.39, 0.29) is 12.3 Å². The molecule has 13 nitrogen and oxygen atoms in total. The molecule has 0 bridgehead atoms. The quantitative estimate of drug-likeness (QED) is 0.173.